The first-order valence-corrected chi connectivity index (χ1v) is 9.90. The average molecular weight is 379 g/mol. The van der Waals surface area contributed by atoms with Gasteiger partial charge >= 0.3 is 0 Å². The van der Waals surface area contributed by atoms with Gasteiger partial charge < -0.3 is 4.74 Å². The number of unbranched alkanes of at least 4 members (excludes halogenated alkanes) is 1. The fraction of sp³-hybridized carbons (Fsp3) is 0.350. The van der Waals surface area contributed by atoms with Gasteiger partial charge in [0.15, 0.2) is 0 Å². The number of anilines is 1. The predicted molar refractivity (Wildman–Crippen MR) is 110 cm³/mol. The minimum atomic E-state index is -0.0577. The van der Waals surface area contributed by atoms with Gasteiger partial charge in [-0.3, -0.25) is 9.69 Å². The highest BCUT2D eigenvalue weighted by atomic mass is 32.1. The Bertz CT molecular complexity index is 858. The second kappa shape index (κ2) is 8.99. The van der Waals surface area contributed by atoms with E-state index in [2.05, 4.69) is 17.1 Å². The fourth-order valence-electron chi connectivity index (χ4n) is 2.81. The van der Waals surface area contributed by atoms with Gasteiger partial charge in [-0.1, -0.05) is 60.5 Å². The van der Waals surface area contributed by atoms with E-state index in [4.69, 9.17) is 12.6 Å². The smallest absolute Gasteiger partial charge is 0.259 e. The van der Waals surface area contributed by atoms with Crippen LogP contribution in [-0.4, -0.2) is 37.6 Å². The second-order valence-electron chi connectivity index (χ2n) is 6.34. The van der Waals surface area contributed by atoms with Crippen LogP contribution >= 0.6 is 11.3 Å². The Labute approximate surface area is 165 Å². The molecule has 0 unspecified atom stereocenters. The lowest BCUT2D eigenvalue weighted by Gasteiger charge is -2.21. The van der Waals surface area contributed by atoms with E-state index in [1.54, 1.807) is 12.0 Å². The van der Waals surface area contributed by atoms with Crippen molar-refractivity contribution in [1.29, 1.82) is 0 Å². The topological polar surface area (TPSA) is 55.3 Å². The lowest BCUT2D eigenvalue weighted by Crippen LogP contribution is -2.33. The number of hydrogen-bond donors (Lipinski definition) is 0. The molecule has 0 saturated heterocycles. The standard InChI is InChI=1S/C20H22BN3O2S/c1-3-4-12-24(19(25)15-6-5-7-17(13-15)26-2)20-23-22-18(27-20)14-8-10-16(21)11-9-14/h6,8-11,13H,3-5,7,12H2,1-2H3. The fourth-order valence-corrected chi connectivity index (χ4v) is 3.68. The monoisotopic (exact) mass is 379 g/mol. The summed E-state index contributed by atoms with van der Waals surface area (Å²) >= 11 is 1.41. The lowest BCUT2D eigenvalue weighted by atomic mass is 9.95. The van der Waals surface area contributed by atoms with Crippen molar-refractivity contribution in [3.63, 3.8) is 0 Å². The Morgan fingerprint density at radius 2 is 2.07 bits per heavy atom. The largest absolute Gasteiger partial charge is 0.501 e. The number of amides is 1. The predicted octanol–water partition coefficient (Wildman–Crippen LogP) is 3.38. The van der Waals surface area contributed by atoms with Crippen LogP contribution in [0.15, 0.2) is 47.7 Å². The Kier molecular flexibility index (Phi) is 6.45. The number of allylic oxidation sites excluding steroid dienone is 2. The minimum Gasteiger partial charge on any atom is -0.501 e. The van der Waals surface area contributed by atoms with E-state index in [0.717, 1.165) is 42.0 Å². The van der Waals surface area contributed by atoms with Gasteiger partial charge in [-0.05, 0) is 18.9 Å². The Morgan fingerprint density at radius 1 is 1.30 bits per heavy atom. The van der Waals surface area contributed by atoms with E-state index >= 15 is 0 Å². The maximum atomic E-state index is 13.1. The summed E-state index contributed by atoms with van der Waals surface area (Å²) in [6.07, 6.45) is 7.30. The van der Waals surface area contributed by atoms with Gasteiger partial charge in [-0.25, -0.2) is 0 Å². The first kappa shape index (κ1) is 19.4. The number of aromatic nitrogens is 2. The lowest BCUT2D eigenvalue weighted by molar-refractivity contribution is -0.114. The molecule has 1 aliphatic carbocycles. The summed E-state index contributed by atoms with van der Waals surface area (Å²) in [6, 6.07) is 7.49. The number of hydrogen-bond acceptors (Lipinski definition) is 5. The van der Waals surface area contributed by atoms with Crippen LogP contribution in [0.1, 0.15) is 32.6 Å². The molecule has 1 aromatic carbocycles. The van der Waals surface area contributed by atoms with Crippen molar-refractivity contribution in [2.75, 3.05) is 18.6 Å². The normalized spacial score (nSPS) is 13.7. The summed E-state index contributed by atoms with van der Waals surface area (Å²) in [5.41, 5.74) is 2.29. The molecule has 2 radical (unpaired) electrons. The van der Waals surface area contributed by atoms with E-state index < -0.39 is 0 Å². The van der Waals surface area contributed by atoms with Crippen LogP contribution in [0.5, 0.6) is 0 Å². The molecule has 5 nitrogen and oxygen atoms in total. The molecular weight excluding hydrogens is 357 g/mol. The zero-order valence-corrected chi connectivity index (χ0v) is 16.5. The summed E-state index contributed by atoms with van der Waals surface area (Å²) in [6.45, 7) is 2.71. The molecule has 1 amide bonds. The van der Waals surface area contributed by atoms with E-state index in [-0.39, 0.29) is 5.91 Å². The van der Waals surface area contributed by atoms with Crippen LogP contribution in [0.25, 0.3) is 10.6 Å². The molecular formula is C20H22BN3O2S. The summed E-state index contributed by atoms with van der Waals surface area (Å²) in [4.78, 5) is 14.9. The van der Waals surface area contributed by atoms with Crippen LogP contribution in [-0.2, 0) is 9.53 Å². The highest BCUT2D eigenvalue weighted by Gasteiger charge is 2.24. The minimum absolute atomic E-state index is 0.0577. The van der Waals surface area contributed by atoms with Gasteiger partial charge in [0.25, 0.3) is 5.91 Å². The number of benzene rings is 1. The molecule has 0 aliphatic heterocycles. The third kappa shape index (κ3) is 4.66. The number of carbonyl (C=O) groups is 1. The number of methoxy groups -OCH3 is 1. The maximum absolute atomic E-state index is 13.1. The first-order chi connectivity index (χ1) is 13.1. The molecule has 138 valence electrons. The second-order valence-corrected chi connectivity index (χ2v) is 7.29. The SMILES string of the molecule is [B]c1ccc(-c2nnc(N(CCCC)C(=O)C3=CCCC(OC)=C3)s2)cc1. The summed E-state index contributed by atoms with van der Waals surface area (Å²) in [5.74, 6) is 0.772. The molecule has 2 aromatic rings. The van der Waals surface area contributed by atoms with E-state index in [0.29, 0.717) is 22.7 Å². The number of ether oxygens (including phenoxy) is 1. The first-order valence-electron chi connectivity index (χ1n) is 9.08. The average Bonchev–Trinajstić information content (AvgIpc) is 3.18. The molecule has 0 saturated carbocycles. The van der Waals surface area contributed by atoms with Crippen molar-refractivity contribution in [2.45, 2.75) is 32.6 Å². The van der Waals surface area contributed by atoms with Crippen LogP contribution in [0.4, 0.5) is 5.13 Å². The van der Waals surface area contributed by atoms with Crippen LogP contribution < -0.4 is 10.4 Å². The molecule has 1 aliphatic rings. The molecule has 1 aromatic heterocycles. The van der Waals surface area contributed by atoms with Crippen molar-refractivity contribution in [1.82, 2.24) is 10.2 Å². The Morgan fingerprint density at radius 3 is 2.78 bits per heavy atom. The number of rotatable bonds is 7. The van der Waals surface area contributed by atoms with Crippen molar-refractivity contribution in [2.24, 2.45) is 0 Å². The Hall–Kier alpha value is -2.41. The zero-order valence-electron chi connectivity index (χ0n) is 15.6. The molecule has 0 spiro atoms. The molecule has 3 rings (SSSR count). The van der Waals surface area contributed by atoms with Crippen molar-refractivity contribution < 1.29 is 9.53 Å². The molecule has 0 bridgehead atoms. The van der Waals surface area contributed by atoms with E-state index in [1.807, 2.05) is 36.4 Å². The maximum Gasteiger partial charge on any atom is 0.259 e. The zero-order chi connectivity index (χ0) is 19.2. The number of carbonyl (C=O) groups excluding carboxylic acids is 1. The van der Waals surface area contributed by atoms with Gasteiger partial charge in [-0.15, -0.1) is 10.2 Å². The van der Waals surface area contributed by atoms with Gasteiger partial charge in [0.2, 0.25) is 5.13 Å². The molecule has 0 N–H and O–H groups in total. The van der Waals surface area contributed by atoms with E-state index in [1.165, 1.54) is 11.3 Å². The highest BCUT2D eigenvalue weighted by Crippen LogP contribution is 2.30. The third-order valence-corrected chi connectivity index (χ3v) is 5.36. The van der Waals surface area contributed by atoms with Crippen molar-refractivity contribution in [3.8, 4) is 10.6 Å². The molecule has 0 fully saturated rings. The molecule has 0 atom stereocenters. The van der Waals surface area contributed by atoms with Gasteiger partial charge in [0, 0.05) is 24.1 Å². The van der Waals surface area contributed by atoms with Gasteiger partial charge in [-0.2, -0.15) is 0 Å². The molecule has 7 heteroatoms. The summed E-state index contributed by atoms with van der Waals surface area (Å²) in [5, 5.41) is 9.94. The van der Waals surface area contributed by atoms with Crippen LogP contribution in [0.3, 0.4) is 0 Å². The summed E-state index contributed by atoms with van der Waals surface area (Å²) < 4.78 is 5.32. The third-order valence-electron chi connectivity index (χ3n) is 4.36. The van der Waals surface area contributed by atoms with Crippen LogP contribution in [0, 0.1) is 0 Å². The van der Waals surface area contributed by atoms with E-state index in [9.17, 15) is 4.79 Å². The van der Waals surface area contributed by atoms with Crippen LogP contribution in [0.2, 0.25) is 0 Å². The van der Waals surface area contributed by atoms with Crippen molar-refractivity contribution >= 4 is 35.7 Å². The molecule has 1 heterocycles. The van der Waals surface area contributed by atoms with Crippen molar-refractivity contribution in [3.05, 3.63) is 47.7 Å². The van der Waals surface area contributed by atoms with Gasteiger partial charge in [0.05, 0.1) is 12.9 Å². The van der Waals surface area contributed by atoms with Gasteiger partial charge in [0.1, 0.15) is 12.9 Å². The number of nitrogens with zero attached hydrogens (tertiary/aromatic N) is 3. The summed E-state index contributed by atoms with van der Waals surface area (Å²) in [7, 11) is 7.39. The quantitative estimate of drug-likeness (QED) is 0.692. The Balaban J connectivity index is 1.87. The highest BCUT2D eigenvalue weighted by molar-refractivity contribution is 7.18. The molecule has 27 heavy (non-hydrogen) atoms.